The fourth-order valence-electron chi connectivity index (χ4n) is 5.65. The average Bonchev–Trinajstić information content (AvgIpc) is 3.14. The first kappa shape index (κ1) is 31.8. The molecule has 3 aromatic rings. The van der Waals surface area contributed by atoms with Crippen LogP contribution in [-0.4, -0.2) is 41.8 Å². The quantitative estimate of drug-likeness (QED) is 0.169. The number of allylic oxidation sites excluding steroid dienone is 5. The Labute approximate surface area is 254 Å². The van der Waals surface area contributed by atoms with Crippen molar-refractivity contribution in [1.82, 2.24) is 9.88 Å². The minimum atomic E-state index is -0.991. The summed E-state index contributed by atoms with van der Waals surface area (Å²) in [7, 11) is 1.60. The van der Waals surface area contributed by atoms with Crippen LogP contribution in [0, 0.1) is 0 Å². The molecule has 1 aliphatic rings. The van der Waals surface area contributed by atoms with Crippen molar-refractivity contribution < 1.29 is 24.2 Å². The summed E-state index contributed by atoms with van der Waals surface area (Å²) in [5.41, 5.74) is 5.25. The van der Waals surface area contributed by atoms with Gasteiger partial charge in [0.2, 0.25) is 5.91 Å². The molecule has 7 heteroatoms. The van der Waals surface area contributed by atoms with Crippen molar-refractivity contribution in [2.45, 2.75) is 71.4 Å². The number of nitrogens with zero attached hydrogens (tertiary/aromatic N) is 1. The van der Waals surface area contributed by atoms with Gasteiger partial charge in [-0.2, -0.15) is 0 Å². The van der Waals surface area contributed by atoms with Crippen LogP contribution in [0.15, 0.2) is 78.6 Å². The molecule has 0 radical (unpaired) electrons. The molecule has 1 aliphatic carbocycles. The SMILES string of the molecule is CCCCCCC(C)c1c(C2=CC=C(OCc3ccccc3)C=CC2)n(CC(=O)NCCOC)c2cc(C(=O)O)ccc12. The van der Waals surface area contributed by atoms with E-state index in [1.54, 1.807) is 19.2 Å². The Morgan fingerprint density at radius 2 is 1.88 bits per heavy atom. The first-order valence-electron chi connectivity index (χ1n) is 15.3. The van der Waals surface area contributed by atoms with E-state index >= 15 is 0 Å². The lowest BCUT2D eigenvalue weighted by Crippen LogP contribution is -2.30. The zero-order valence-corrected chi connectivity index (χ0v) is 25.6. The summed E-state index contributed by atoms with van der Waals surface area (Å²) in [4.78, 5) is 25.2. The Balaban J connectivity index is 1.79. The van der Waals surface area contributed by atoms with E-state index in [9.17, 15) is 14.7 Å². The predicted octanol–water partition coefficient (Wildman–Crippen LogP) is 7.62. The molecule has 0 saturated heterocycles. The number of carbonyl (C=O) groups excluding carboxylic acids is 1. The smallest absolute Gasteiger partial charge is 0.335 e. The molecule has 0 aliphatic heterocycles. The monoisotopic (exact) mass is 584 g/mol. The van der Waals surface area contributed by atoms with E-state index in [2.05, 4.69) is 31.3 Å². The number of aromatic nitrogens is 1. The molecule has 4 rings (SSSR count). The normalized spacial score (nSPS) is 13.7. The van der Waals surface area contributed by atoms with E-state index in [0.29, 0.717) is 26.2 Å². The molecule has 43 heavy (non-hydrogen) atoms. The molecule has 0 bridgehead atoms. The summed E-state index contributed by atoms with van der Waals surface area (Å²) in [6.45, 7) is 5.82. The highest BCUT2D eigenvalue weighted by atomic mass is 16.5. The van der Waals surface area contributed by atoms with Crippen LogP contribution in [0.3, 0.4) is 0 Å². The summed E-state index contributed by atoms with van der Waals surface area (Å²) < 4.78 is 13.2. The zero-order valence-electron chi connectivity index (χ0n) is 25.6. The maximum Gasteiger partial charge on any atom is 0.335 e. The molecule has 0 saturated carbocycles. The number of hydrogen-bond acceptors (Lipinski definition) is 4. The van der Waals surface area contributed by atoms with Crippen LogP contribution in [0.25, 0.3) is 16.5 Å². The third kappa shape index (κ3) is 8.48. The Morgan fingerprint density at radius 3 is 2.63 bits per heavy atom. The number of carbonyl (C=O) groups is 2. The molecule has 2 N–H and O–H groups in total. The molecule has 1 amide bonds. The summed E-state index contributed by atoms with van der Waals surface area (Å²) in [6.07, 6.45) is 14.5. The number of rotatable bonds is 16. The van der Waals surface area contributed by atoms with Crippen molar-refractivity contribution in [3.05, 3.63) is 101 Å². The molecule has 1 unspecified atom stereocenters. The fourth-order valence-corrected chi connectivity index (χ4v) is 5.65. The van der Waals surface area contributed by atoms with Crippen molar-refractivity contribution in [3.8, 4) is 0 Å². The number of methoxy groups -OCH3 is 1. The largest absolute Gasteiger partial charge is 0.489 e. The second kappa shape index (κ2) is 15.9. The topological polar surface area (TPSA) is 89.8 Å². The number of carboxylic acid groups (broad SMARTS) is 1. The van der Waals surface area contributed by atoms with Crippen LogP contribution in [0.1, 0.15) is 85.5 Å². The van der Waals surface area contributed by atoms with Gasteiger partial charge >= 0.3 is 5.97 Å². The lowest BCUT2D eigenvalue weighted by Gasteiger charge is -2.18. The van der Waals surface area contributed by atoms with Crippen molar-refractivity contribution in [1.29, 1.82) is 0 Å². The van der Waals surface area contributed by atoms with Crippen LogP contribution in [0.2, 0.25) is 0 Å². The summed E-state index contributed by atoms with van der Waals surface area (Å²) in [6, 6.07) is 15.3. The molecule has 7 nitrogen and oxygen atoms in total. The Morgan fingerprint density at radius 1 is 1.07 bits per heavy atom. The van der Waals surface area contributed by atoms with Crippen molar-refractivity contribution >= 4 is 28.4 Å². The highest BCUT2D eigenvalue weighted by Crippen LogP contribution is 2.40. The fraction of sp³-hybridized carbons (Fsp3) is 0.389. The van der Waals surface area contributed by atoms with Crippen LogP contribution >= 0.6 is 0 Å². The molecule has 0 spiro atoms. The number of benzene rings is 2. The Hall–Kier alpha value is -4.10. The van der Waals surface area contributed by atoms with E-state index < -0.39 is 5.97 Å². The van der Waals surface area contributed by atoms with E-state index in [1.165, 1.54) is 19.3 Å². The predicted molar refractivity (Wildman–Crippen MR) is 172 cm³/mol. The zero-order chi connectivity index (χ0) is 30.6. The minimum Gasteiger partial charge on any atom is -0.489 e. The van der Waals surface area contributed by atoms with Crippen molar-refractivity contribution in [2.75, 3.05) is 20.3 Å². The van der Waals surface area contributed by atoms with Gasteiger partial charge in [-0.1, -0.05) is 88.1 Å². The molecule has 2 aromatic carbocycles. The number of aromatic carboxylic acids is 1. The van der Waals surface area contributed by atoms with Gasteiger partial charge in [0, 0.05) is 24.7 Å². The third-order valence-corrected chi connectivity index (χ3v) is 7.89. The summed E-state index contributed by atoms with van der Waals surface area (Å²) >= 11 is 0. The molecular weight excluding hydrogens is 540 g/mol. The second-order valence-corrected chi connectivity index (χ2v) is 11.1. The summed E-state index contributed by atoms with van der Waals surface area (Å²) in [5.74, 6) is -0.158. The van der Waals surface area contributed by atoms with Crippen LogP contribution in [-0.2, 0) is 27.4 Å². The summed E-state index contributed by atoms with van der Waals surface area (Å²) in [5, 5.41) is 13.7. The van der Waals surface area contributed by atoms with Gasteiger partial charge in [0.25, 0.3) is 0 Å². The molecule has 1 heterocycles. The van der Waals surface area contributed by atoms with Gasteiger partial charge in [-0.3, -0.25) is 4.79 Å². The van der Waals surface area contributed by atoms with Crippen LogP contribution < -0.4 is 5.32 Å². The third-order valence-electron chi connectivity index (χ3n) is 7.89. The van der Waals surface area contributed by atoms with Gasteiger partial charge in [0.15, 0.2) is 0 Å². The second-order valence-electron chi connectivity index (χ2n) is 11.1. The first-order chi connectivity index (χ1) is 20.9. The van der Waals surface area contributed by atoms with E-state index in [1.807, 2.05) is 53.1 Å². The average molecular weight is 585 g/mol. The number of fused-ring (bicyclic) bond motifs is 1. The molecule has 1 aromatic heterocycles. The number of nitrogens with one attached hydrogen (secondary N) is 1. The van der Waals surface area contributed by atoms with Crippen molar-refractivity contribution in [3.63, 3.8) is 0 Å². The van der Waals surface area contributed by atoms with Crippen molar-refractivity contribution in [2.24, 2.45) is 0 Å². The van der Waals surface area contributed by atoms with Gasteiger partial charge in [-0.05, 0) is 59.7 Å². The highest BCUT2D eigenvalue weighted by molar-refractivity contribution is 5.98. The van der Waals surface area contributed by atoms with E-state index in [0.717, 1.165) is 51.9 Å². The number of carboxylic acids is 1. The number of amides is 1. The van der Waals surface area contributed by atoms with E-state index in [4.69, 9.17) is 9.47 Å². The van der Waals surface area contributed by atoms with Gasteiger partial charge in [-0.15, -0.1) is 0 Å². The van der Waals surface area contributed by atoms with Gasteiger partial charge in [-0.25, -0.2) is 4.79 Å². The number of ether oxygens (including phenoxy) is 2. The molecule has 0 fully saturated rings. The van der Waals surface area contributed by atoms with Gasteiger partial charge < -0.3 is 24.5 Å². The standard InChI is InChI=1S/C36H44N2O5/c1-4-5-6-8-12-26(2)34-31-20-18-29(36(40)41)23-32(31)38(24-33(39)37-21-22-42-3)35(34)28-15-11-16-30(19-17-28)43-25-27-13-9-7-10-14-27/h7,9-11,13-14,16-20,23,26H,4-6,8,12,15,21-22,24-25H2,1-3H3,(H,37,39)(H,40,41). The van der Waals surface area contributed by atoms with Crippen LogP contribution in [0.4, 0.5) is 0 Å². The number of unbranched alkanes of at least 4 members (excludes halogenated alkanes) is 3. The lowest BCUT2D eigenvalue weighted by molar-refractivity contribution is -0.121. The Bertz CT molecular complexity index is 1480. The molecule has 228 valence electrons. The highest BCUT2D eigenvalue weighted by Gasteiger charge is 2.26. The molecule has 1 atom stereocenters. The lowest BCUT2D eigenvalue weighted by atomic mass is 9.89. The first-order valence-corrected chi connectivity index (χ1v) is 15.3. The number of hydrogen-bond donors (Lipinski definition) is 2. The van der Waals surface area contributed by atoms with Gasteiger partial charge in [0.05, 0.1) is 17.7 Å². The maximum absolute atomic E-state index is 13.2. The molecular formula is C36H44N2O5. The van der Waals surface area contributed by atoms with Gasteiger partial charge in [0.1, 0.15) is 18.9 Å². The maximum atomic E-state index is 13.2. The van der Waals surface area contributed by atoms with Crippen LogP contribution in [0.5, 0.6) is 0 Å². The minimum absolute atomic E-state index is 0.0727. The van der Waals surface area contributed by atoms with E-state index in [-0.39, 0.29) is 23.9 Å². The Kier molecular flexibility index (Phi) is 11.8.